The zero-order chi connectivity index (χ0) is 29.4. The van der Waals surface area contributed by atoms with Crippen LogP contribution in [0.2, 0.25) is 5.02 Å². The average Bonchev–Trinajstić information content (AvgIpc) is 3.77. The number of aryl methyl sites for hydroxylation is 2. The molecule has 0 unspecified atom stereocenters. The topological polar surface area (TPSA) is 117 Å². The summed E-state index contributed by atoms with van der Waals surface area (Å²) in [6, 6.07) is 2.99. The summed E-state index contributed by atoms with van der Waals surface area (Å²) in [5, 5.41) is 15.8. The fourth-order valence-electron chi connectivity index (χ4n) is 5.37. The van der Waals surface area contributed by atoms with Crippen LogP contribution in [0.4, 0.5) is 14.6 Å². The molecule has 12 heteroatoms. The van der Waals surface area contributed by atoms with Crippen molar-refractivity contribution in [1.82, 2.24) is 20.2 Å². The molecule has 1 saturated carbocycles. The molecule has 1 aliphatic carbocycles. The third-order valence-electron chi connectivity index (χ3n) is 7.93. The molecular formula is C29H38ClF2N5O4. The van der Waals surface area contributed by atoms with E-state index in [4.69, 9.17) is 21.3 Å². The minimum Gasteiger partial charge on any atom is -0.480 e. The Labute approximate surface area is 244 Å². The van der Waals surface area contributed by atoms with Gasteiger partial charge in [-0.15, -0.1) is 0 Å². The van der Waals surface area contributed by atoms with E-state index in [2.05, 4.69) is 27.8 Å². The quantitative estimate of drug-likeness (QED) is 0.251. The molecule has 1 amide bonds. The molecule has 224 valence electrons. The number of hydrogen-bond acceptors (Lipinski definition) is 7. The van der Waals surface area contributed by atoms with Gasteiger partial charge in [0.25, 0.3) is 0 Å². The molecule has 9 nitrogen and oxygen atoms in total. The molecule has 2 aromatic heterocycles. The van der Waals surface area contributed by atoms with Crippen molar-refractivity contribution in [3.05, 3.63) is 52.2 Å². The largest absolute Gasteiger partial charge is 0.480 e. The number of pyridine rings is 2. The predicted octanol–water partition coefficient (Wildman–Crippen LogP) is 3.93. The van der Waals surface area contributed by atoms with Crippen LogP contribution in [0.1, 0.15) is 55.3 Å². The van der Waals surface area contributed by atoms with E-state index in [0.717, 1.165) is 56.4 Å². The molecule has 4 rings (SSSR count). The van der Waals surface area contributed by atoms with Crippen molar-refractivity contribution in [2.45, 2.75) is 68.9 Å². The van der Waals surface area contributed by atoms with Crippen LogP contribution >= 0.6 is 11.6 Å². The van der Waals surface area contributed by atoms with Gasteiger partial charge in [0.2, 0.25) is 5.91 Å². The van der Waals surface area contributed by atoms with E-state index < -0.39 is 41.9 Å². The van der Waals surface area contributed by atoms with Gasteiger partial charge in [0, 0.05) is 44.2 Å². The number of alkyl halides is 1. The Morgan fingerprint density at radius 1 is 1.27 bits per heavy atom. The number of amides is 1. The van der Waals surface area contributed by atoms with Crippen LogP contribution in [0.5, 0.6) is 0 Å². The lowest BCUT2D eigenvalue weighted by Gasteiger charge is -2.27. The van der Waals surface area contributed by atoms with Gasteiger partial charge in [-0.2, -0.15) is 0 Å². The predicted molar refractivity (Wildman–Crippen MR) is 151 cm³/mol. The number of carboxylic acids is 1. The van der Waals surface area contributed by atoms with Crippen molar-refractivity contribution >= 4 is 29.3 Å². The number of nitrogens with one attached hydrogen (secondary N) is 2. The number of rotatable bonds is 16. The number of aromatic nitrogens is 2. The zero-order valence-electron chi connectivity index (χ0n) is 23.3. The molecule has 2 aromatic rings. The SMILES string of the molecule is CO[C@H](CF)CN(CCCCc1ccc2c(n1)NCCC2)CC[C@H](NC(=O)C1(c2c(F)cncc2Cl)CC1)C(=O)O. The van der Waals surface area contributed by atoms with Gasteiger partial charge >= 0.3 is 5.97 Å². The van der Waals surface area contributed by atoms with Gasteiger partial charge < -0.3 is 25.4 Å². The molecule has 1 fully saturated rings. The first-order valence-electron chi connectivity index (χ1n) is 14.1. The van der Waals surface area contributed by atoms with Crippen molar-refractivity contribution in [1.29, 1.82) is 0 Å². The Kier molecular flexibility index (Phi) is 10.9. The number of fused-ring (bicyclic) bond motifs is 1. The number of carboxylic acid groups (broad SMARTS) is 1. The number of methoxy groups -OCH3 is 1. The summed E-state index contributed by atoms with van der Waals surface area (Å²) < 4.78 is 33.2. The monoisotopic (exact) mass is 593 g/mol. The summed E-state index contributed by atoms with van der Waals surface area (Å²) in [6.07, 6.45) is 7.02. The van der Waals surface area contributed by atoms with E-state index >= 15 is 0 Å². The number of nitrogens with zero attached hydrogens (tertiary/aromatic N) is 3. The molecule has 0 spiro atoms. The standard InChI is InChI=1S/C29H38ClF2N5O4/c1-41-21(15-31)18-37(13-3-2-6-20-8-7-19-5-4-12-34-26(19)35-20)14-9-24(27(38)39)36-28(40)29(10-11-29)25-22(30)16-33-17-23(25)32/h7-8,16-17,21,24H,2-6,9-15,18H2,1H3,(H,34,35)(H,36,40)(H,38,39)/t21-,24+/m1/s1. The highest BCUT2D eigenvalue weighted by atomic mass is 35.5. The first-order chi connectivity index (χ1) is 19.8. The molecule has 0 aromatic carbocycles. The molecule has 41 heavy (non-hydrogen) atoms. The minimum absolute atomic E-state index is 0.0365. The van der Waals surface area contributed by atoms with Crippen LogP contribution in [0, 0.1) is 5.82 Å². The maximum atomic E-state index is 14.5. The van der Waals surface area contributed by atoms with Crippen LogP contribution in [0.15, 0.2) is 24.5 Å². The van der Waals surface area contributed by atoms with Crippen molar-refractivity contribution in [3.8, 4) is 0 Å². The highest BCUT2D eigenvalue weighted by molar-refractivity contribution is 6.31. The smallest absolute Gasteiger partial charge is 0.326 e. The molecule has 0 radical (unpaired) electrons. The Hall–Kier alpha value is -2.89. The highest BCUT2D eigenvalue weighted by Gasteiger charge is 2.54. The third-order valence-corrected chi connectivity index (χ3v) is 8.22. The number of anilines is 1. The second-order valence-corrected chi connectivity index (χ2v) is 11.2. The lowest BCUT2D eigenvalue weighted by atomic mass is 9.94. The molecule has 0 bridgehead atoms. The number of halogens is 3. The van der Waals surface area contributed by atoms with E-state index in [9.17, 15) is 23.5 Å². The zero-order valence-corrected chi connectivity index (χ0v) is 24.1. The van der Waals surface area contributed by atoms with Crippen LogP contribution in [-0.4, -0.2) is 84.0 Å². The number of carbonyl (C=O) groups excluding carboxylic acids is 1. The van der Waals surface area contributed by atoms with E-state index in [1.807, 2.05) is 4.90 Å². The summed E-state index contributed by atoms with van der Waals surface area (Å²) in [5.74, 6) is -1.50. The fraction of sp³-hybridized carbons (Fsp3) is 0.586. The molecule has 1 aliphatic heterocycles. The van der Waals surface area contributed by atoms with Gasteiger partial charge in [0.1, 0.15) is 24.4 Å². The Balaban J connectivity index is 1.33. The Bertz CT molecular complexity index is 1190. The first kappa shape index (κ1) is 31.1. The first-order valence-corrected chi connectivity index (χ1v) is 14.5. The third kappa shape index (κ3) is 7.90. The number of unbranched alkanes of at least 4 members (excludes halogenated alkanes) is 1. The van der Waals surface area contributed by atoms with Gasteiger partial charge in [0.15, 0.2) is 0 Å². The number of aliphatic carboxylic acids is 1. The van der Waals surface area contributed by atoms with Crippen molar-refractivity contribution < 1.29 is 28.2 Å². The number of carbonyl (C=O) groups is 2. The van der Waals surface area contributed by atoms with Crippen LogP contribution in [-0.2, 0) is 32.6 Å². The number of ether oxygens (including phenoxy) is 1. The van der Waals surface area contributed by atoms with Gasteiger partial charge in [-0.1, -0.05) is 17.7 Å². The Morgan fingerprint density at radius 2 is 2.07 bits per heavy atom. The summed E-state index contributed by atoms with van der Waals surface area (Å²) in [5.41, 5.74) is 1.10. The molecule has 0 saturated heterocycles. The summed E-state index contributed by atoms with van der Waals surface area (Å²) >= 11 is 6.15. The van der Waals surface area contributed by atoms with Crippen molar-refractivity contribution in [2.75, 3.05) is 45.3 Å². The van der Waals surface area contributed by atoms with Gasteiger partial charge in [-0.05, 0) is 69.5 Å². The summed E-state index contributed by atoms with van der Waals surface area (Å²) in [4.78, 5) is 35.7. The lowest BCUT2D eigenvalue weighted by molar-refractivity contribution is -0.142. The van der Waals surface area contributed by atoms with Crippen LogP contribution in [0.3, 0.4) is 0 Å². The van der Waals surface area contributed by atoms with Crippen LogP contribution in [0.25, 0.3) is 0 Å². The lowest BCUT2D eigenvalue weighted by Crippen LogP contribution is -2.48. The maximum Gasteiger partial charge on any atom is 0.326 e. The van der Waals surface area contributed by atoms with Gasteiger partial charge in [0.05, 0.1) is 22.7 Å². The van der Waals surface area contributed by atoms with Crippen molar-refractivity contribution in [3.63, 3.8) is 0 Å². The van der Waals surface area contributed by atoms with Crippen LogP contribution < -0.4 is 10.6 Å². The molecule has 2 atom stereocenters. The Morgan fingerprint density at radius 3 is 2.76 bits per heavy atom. The summed E-state index contributed by atoms with van der Waals surface area (Å²) in [6.45, 7) is 1.45. The minimum atomic E-state index is -1.20. The van der Waals surface area contributed by atoms with Gasteiger partial charge in [-0.25, -0.2) is 18.6 Å². The number of hydrogen-bond donors (Lipinski definition) is 3. The van der Waals surface area contributed by atoms with E-state index in [-0.39, 0.29) is 23.6 Å². The second kappa shape index (κ2) is 14.3. The fourth-order valence-corrected chi connectivity index (χ4v) is 5.70. The summed E-state index contributed by atoms with van der Waals surface area (Å²) in [7, 11) is 1.44. The molecule has 3 heterocycles. The molecular weight excluding hydrogens is 556 g/mol. The highest BCUT2D eigenvalue weighted by Crippen LogP contribution is 2.51. The van der Waals surface area contributed by atoms with Gasteiger partial charge in [-0.3, -0.25) is 9.78 Å². The normalized spacial score (nSPS) is 16.9. The van der Waals surface area contributed by atoms with Crippen molar-refractivity contribution in [2.24, 2.45) is 0 Å². The molecule has 3 N–H and O–H groups in total. The maximum absolute atomic E-state index is 14.5. The average molecular weight is 594 g/mol. The molecule has 2 aliphatic rings. The van der Waals surface area contributed by atoms with E-state index in [1.54, 1.807) is 0 Å². The second-order valence-electron chi connectivity index (χ2n) is 10.8. The van der Waals surface area contributed by atoms with E-state index in [0.29, 0.717) is 25.9 Å². The van der Waals surface area contributed by atoms with E-state index in [1.165, 1.54) is 18.9 Å².